The summed E-state index contributed by atoms with van der Waals surface area (Å²) in [7, 11) is 3.31. The third kappa shape index (κ3) is 2.05. The summed E-state index contributed by atoms with van der Waals surface area (Å²) < 4.78 is 10.7. The predicted octanol–water partition coefficient (Wildman–Crippen LogP) is 1.79. The van der Waals surface area contributed by atoms with Crippen molar-refractivity contribution in [1.29, 1.82) is 0 Å². The molecule has 1 aromatic rings. The number of ether oxygens (including phenoxy) is 2. The fraction of sp³-hybridized carbons (Fsp3) is 0.533. The minimum absolute atomic E-state index is 0.303. The van der Waals surface area contributed by atoms with Crippen LogP contribution in [0.5, 0.6) is 11.5 Å². The lowest BCUT2D eigenvalue weighted by molar-refractivity contribution is -0.128. The number of carbonyl (C=O) groups excluding carboxylic acids is 1. The first-order valence-electron chi connectivity index (χ1n) is 6.76. The van der Waals surface area contributed by atoms with Gasteiger partial charge in [-0.2, -0.15) is 0 Å². The highest BCUT2D eigenvalue weighted by molar-refractivity contribution is 5.79. The molecule has 0 bridgehead atoms. The first-order valence-corrected chi connectivity index (χ1v) is 6.76. The van der Waals surface area contributed by atoms with E-state index in [1.165, 1.54) is 11.1 Å². The van der Waals surface area contributed by atoms with Crippen molar-refractivity contribution < 1.29 is 14.3 Å². The van der Waals surface area contributed by atoms with Gasteiger partial charge in [-0.25, -0.2) is 0 Å². The van der Waals surface area contributed by atoms with E-state index < -0.39 is 0 Å². The number of hydrogen-bond acceptors (Lipinski definition) is 3. The summed E-state index contributed by atoms with van der Waals surface area (Å²) in [6, 6.07) is 4.49. The summed E-state index contributed by atoms with van der Waals surface area (Å²) in [5.41, 5.74) is 2.57. The van der Waals surface area contributed by atoms with E-state index in [1.807, 2.05) is 4.90 Å². The van der Waals surface area contributed by atoms with Gasteiger partial charge in [0, 0.05) is 19.0 Å². The maximum atomic E-state index is 11.8. The van der Waals surface area contributed by atoms with E-state index in [0.717, 1.165) is 37.3 Å². The van der Waals surface area contributed by atoms with Gasteiger partial charge in [-0.1, -0.05) is 0 Å². The molecular weight excluding hydrogens is 242 g/mol. The minimum atomic E-state index is 0.303. The maximum Gasteiger partial charge on any atom is 0.222 e. The molecule has 0 N–H and O–H groups in total. The van der Waals surface area contributed by atoms with E-state index in [9.17, 15) is 4.79 Å². The monoisotopic (exact) mass is 261 g/mol. The summed E-state index contributed by atoms with van der Waals surface area (Å²) in [5.74, 6) is 1.85. The standard InChI is InChI=1S/C15H19NO3/c1-18-13-8-10-5-6-16-12(3-4-15(16)17)7-11(10)9-14(13)19-2/h8-9,12H,3-7H2,1-2H3/t12-/m1/s1. The van der Waals surface area contributed by atoms with Crippen molar-refractivity contribution in [3.8, 4) is 11.5 Å². The molecule has 2 aliphatic heterocycles. The van der Waals surface area contributed by atoms with Crippen molar-refractivity contribution in [3.63, 3.8) is 0 Å². The molecule has 1 aromatic carbocycles. The number of methoxy groups -OCH3 is 2. The van der Waals surface area contributed by atoms with Crippen LogP contribution in [0.15, 0.2) is 12.1 Å². The minimum Gasteiger partial charge on any atom is -0.493 e. The van der Waals surface area contributed by atoms with Gasteiger partial charge in [-0.3, -0.25) is 4.79 Å². The SMILES string of the molecule is COc1cc2c(cc1OC)C[C@H]1CCC(=O)N1CC2. The maximum absolute atomic E-state index is 11.8. The first-order chi connectivity index (χ1) is 9.22. The summed E-state index contributed by atoms with van der Waals surface area (Å²) in [6.07, 6.45) is 3.51. The Kier molecular flexibility index (Phi) is 3.09. The molecule has 0 aliphatic carbocycles. The summed E-state index contributed by atoms with van der Waals surface area (Å²) in [5, 5.41) is 0. The van der Waals surface area contributed by atoms with Crippen LogP contribution >= 0.6 is 0 Å². The molecule has 1 saturated heterocycles. The fourth-order valence-electron chi connectivity index (χ4n) is 3.19. The highest BCUT2D eigenvalue weighted by atomic mass is 16.5. The molecule has 1 fully saturated rings. The largest absolute Gasteiger partial charge is 0.493 e. The Morgan fingerprint density at radius 3 is 2.47 bits per heavy atom. The van der Waals surface area contributed by atoms with Crippen LogP contribution in [0.4, 0.5) is 0 Å². The second kappa shape index (κ2) is 4.76. The lowest BCUT2D eigenvalue weighted by Gasteiger charge is -2.21. The lowest BCUT2D eigenvalue weighted by Crippen LogP contribution is -2.34. The van der Waals surface area contributed by atoms with Gasteiger partial charge in [0.05, 0.1) is 14.2 Å². The number of rotatable bonds is 2. The first kappa shape index (κ1) is 12.3. The van der Waals surface area contributed by atoms with Crippen molar-refractivity contribution in [2.45, 2.75) is 31.7 Å². The van der Waals surface area contributed by atoms with Gasteiger partial charge in [0.15, 0.2) is 11.5 Å². The van der Waals surface area contributed by atoms with Gasteiger partial charge in [-0.05, 0) is 42.5 Å². The molecule has 0 unspecified atom stereocenters. The number of nitrogens with zero attached hydrogens (tertiary/aromatic N) is 1. The number of benzene rings is 1. The second-order valence-electron chi connectivity index (χ2n) is 5.21. The predicted molar refractivity (Wildman–Crippen MR) is 71.7 cm³/mol. The van der Waals surface area contributed by atoms with Crippen molar-refractivity contribution in [1.82, 2.24) is 4.90 Å². The Morgan fingerprint density at radius 1 is 1.11 bits per heavy atom. The van der Waals surface area contributed by atoms with E-state index in [-0.39, 0.29) is 0 Å². The molecule has 1 atom stereocenters. The summed E-state index contributed by atoms with van der Waals surface area (Å²) >= 11 is 0. The average Bonchev–Trinajstić information content (AvgIpc) is 2.68. The van der Waals surface area contributed by atoms with E-state index in [2.05, 4.69) is 12.1 Å². The van der Waals surface area contributed by atoms with Crippen LogP contribution < -0.4 is 9.47 Å². The molecule has 2 aliphatic rings. The molecule has 1 amide bonds. The third-order valence-electron chi connectivity index (χ3n) is 4.24. The molecule has 19 heavy (non-hydrogen) atoms. The van der Waals surface area contributed by atoms with Gasteiger partial charge in [0.2, 0.25) is 5.91 Å². The highest BCUT2D eigenvalue weighted by Crippen LogP contribution is 2.35. The van der Waals surface area contributed by atoms with Gasteiger partial charge >= 0.3 is 0 Å². The fourth-order valence-corrected chi connectivity index (χ4v) is 3.19. The van der Waals surface area contributed by atoms with Gasteiger partial charge in [-0.15, -0.1) is 0 Å². The van der Waals surface area contributed by atoms with Gasteiger partial charge < -0.3 is 14.4 Å². The van der Waals surface area contributed by atoms with Gasteiger partial charge in [0.1, 0.15) is 0 Å². The summed E-state index contributed by atoms with van der Waals surface area (Å²) in [6.45, 7) is 0.825. The molecular formula is C15H19NO3. The quantitative estimate of drug-likeness (QED) is 0.814. The molecule has 4 heteroatoms. The second-order valence-corrected chi connectivity index (χ2v) is 5.21. The van der Waals surface area contributed by atoms with Crippen LogP contribution in [-0.2, 0) is 17.6 Å². The van der Waals surface area contributed by atoms with Crippen LogP contribution in [0.3, 0.4) is 0 Å². The average molecular weight is 261 g/mol. The number of fused-ring (bicyclic) bond motifs is 2. The molecule has 2 heterocycles. The van der Waals surface area contributed by atoms with Crippen LogP contribution in [0.25, 0.3) is 0 Å². The highest BCUT2D eigenvalue weighted by Gasteiger charge is 2.33. The van der Waals surface area contributed by atoms with Crippen molar-refractivity contribution in [2.75, 3.05) is 20.8 Å². The number of amides is 1. The molecule has 0 saturated carbocycles. The Labute approximate surface area is 113 Å². The zero-order valence-corrected chi connectivity index (χ0v) is 11.4. The third-order valence-corrected chi connectivity index (χ3v) is 4.24. The topological polar surface area (TPSA) is 38.8 Å². The van der Waals surface area contributed by atoms with Crippen LogP contribution in [0, 0.1) is 0 Å². The van der Waals surface area contributed by atoms with E-state index in [1.54, 1.807) is 14.2 Å². The molecule has 0 radical (unpaired) electrons. The zero-order valence-electron chi connectivity index (χ0n) is 11.4. The van der Waals surface area contributed by atoms with Crippen molar-refractivity contribution >= 4 is 5.91 Å². The molecule has 102 valence electrons. The van der Waals surface area contributed by atoms with Crippen LogP contribution in [0.2, 0.25) is 0 Å². The van der Waals surface area contributed by atoms with Crippen molar-refractivity contribution in [2.24, 2.45) is 0 Å². The Bertz CT molecular complexity index is 512. The number of hydrogen-bond donors (Lipinski definition) is 0. The normalized spacial score (nSPS) is 21.7. The van der Waals surface area contributed by atoms with Crippen LogP contribution in [0.1, 0.15) is 24.0 Å². The Hall–Kier alpha value is -1.71. The Morgan fingerprint density at radius 2 is 1.79 bits per heavy atom. The lowest BCUT2D eigenvalue weighted by atomic mass is 9.98. The molecule has 3 rings (SSSR count). The molecule has 0 aromatic heterocycles. The smallest absolute Gasteiger partial charge is 0.222 e. The zero-order chi connectivity index (χ0) is 13.4. The van der Waals surface area contributed by atoms with Crippen LogP contribution in [-0.4, -0.2) is 37.6 Å². The van der Waals surface area contributed by atoms with E-state index in [4.69, 9.17) is 9.47 Å². The van der Waals surface area contributed by atoms with E-state index in [0.29, 0.717) is 18.4 Å². The summed E-state index contributed by atoms with van der Waals surface area (Å²) in [4.78, 5) is 13.9. The number of carbonyl (C=O) groups is 1. The van der Waals surface area contributed by atoms with Gasteiger partial charge in [0.25, 0.3) is 0 Å². The molecule has 4 nitrogen and oxygen atoms in total. The van der Waals surface area contributed by atoms with Crippen molar-refractivity contribution in [3.05, 3.63) is 23.3 Å². The Balaban J connectivity index is 1.97. The van der Waals surface area contributed by atoms with E-state index >= 15 is 0 Å². The molecule has 0 spiro atoms.